The van der Waals surface area contributed by atoms with Gasteiger partial charge in [0.1, 0.15) is 6.04 Å². The van der Waals surface area contributed by atoms with Crippen molar-refractivity contribution in [3.63, 3.8) is 0 Å². The van der Waals surface area contributed by atoms with Gasteiger partial charge in [-0.05, 0) is 13.8 Å². The molecule has 0 radical (unpaired) electrons. The summed E-state index contributed by atoms with van der Waals surface area (Å²) >= 11 is 0. The number of hydrogen-bond donors (Lipinski definition) is 1. The molecule has 1 aromatic rings. The van der Waals surface area contributed by atoms with Crippen LogP contribution in [0.25, 0.3) is 0 Å². The summed E-state index contributed by atoms with van der Waals surface area (Å²) < 4.78 is 14.9. The lowest BCUT2D eigenvalue weighted by Crippen LogP contribution is -2.29. The Bertz CT molecular complexity index is 389. The average molecular weight is 255 g/mol. The average Bonchev–Trinajstić information content (AvgIpc) is 2.38. The van der Waals surface area contributed by atoms with Crippen molar-refractivity contribution in [1.29, 1.82) is 0 Å². The summed E-state index contributed by atoms with van der Waals surface area (Å²) in [5.74, 6) is 0.565. The first-order valence-electron chi connectivity index (χ1n) is 5.51. The van der Waals surface area contributed by atoms with Gasteiger partial charge in [-0.25, -0.2) is 4.79 Å². The van der Waals surface area contributed by atoms with E-state index in [4.69, 9.17) is 14.2 Å². The lowest BCUT2D eigenvalue weighted by atomic mass is 10.3. The molecule has 0 saturated heterocycles. The van der Waals surface area contributed by atoms with E-state index in [0.29, 0.717) is 18.4 Å². The van der Waals surface area contributed by atoms with E-state index in [2.05, 4.69) is 15.3 Å². The Kier molecular flexibility index (Phi) is 5.16. The first-order valence-corrected chi connectivity index (χ1v) is 5.51. The van der Waals surface area contributed by atoms with Crippen LogP contribution in [0, 0.1) is 0 Å². The second-order valence-electron chi connectivity index (χ2n) is 3.39. The number of rotatable bonds is 6. The monoisotopic (exact) mass is 255 g/mol. The standard InChI is InChI=1S/C11H17N3O4/c1-5-18-10(15)7(2)12-11-13-8(16-3)6-9(14-11)17-4/h6-7H,5H2,1-4H3,(H,12,13,14). The Labute approximate surface area is 105 Å². The van der Waals surface area contributed by atoms with Gasteiger partial charge in [0.15, 0.2) is 0 Å². The summed E-state index contributed by atoms with van der Waals surface area (Å²) in [6, 6.07) is 0.988. The largest absolute Gasteiger partial charge is 0.481 e. The summed E-state index contributed by atoms with van der Waals surface area (Å²) in [5, 5.41) is 2.82. The van der Waals surface area contributed by atoms with E-state index in [1.807, 2.05) is 0 Å². The van der Waals surface area contributed by atoms with Crippen LogP contribution >= 0.6 is 0 Å². The van der Waals surface area contributed by atoms with Gasteiger partial charge in [0.25, 0.3) is 0 Å². The van der Waals surface area contributed by atoms with Gasteiger partial charge in [0, 0.05) is 0 Å². The van der Waals surface area contributed by atoms with Crippen LogP contribution < -0.4 is 14.8 Å². The normalized spacial score (nSPS) is 11.6. The molecular weight excluding hydrogens is 238 g/mol. The lowest BCUT2D eigenvalue weighted by Gasteiger charge is -2.13. The molecule has 18 heavy (non-hydrogen) atoms. The quantitative estimate of drug-likeness (QED) is 0.755. The van der Waals surface area contributed by atoms with Crippen LogP contribution in [0.15, 0.2) is 6.07 Å². The van der Waals surface area contributed by atoms with Crippen LogP contribution in [0.2, 0.25) is 0 Å². The predicted molar refractivity (Wildman–Crippen MR) is 64.9 cm³/mol. The van der Waals surface area contributed by atoms with Gasteiger partial charge < -0.3 is 19.5 Å². The Morgan fingerprint density at radius 3 is 2.33 bits per heavy atom. The second-order valence-corrected chi connectivity index (χ2v) is 3.39. The molecule has 0 saturated carbocycles. The summed E-state index contributed by atoms with van der Waals surface area (Å²) in [5.41, 5.74) is 0. The van der Waals surface area contributed by atoms with Crippen molar-refractivity contribution in [2.24, 2.45) is 0 Å². The molecule has 0 amide bonds. The number of carbonyl (C=O) groups excluding carboxylic acids is 1. The Morgan fingerprint density at radius 1 is 1.33 bits per heavy atom. The number of ether oxygens (including phenoxy) is 3. The van der Waals surface area contributed by atoms with Crippen molar-refractivity contribution in [2.75, 3.05) is 26.1 Å². The molecule has 0 spiro atoms. The fraction of sp³-hybridized carbons (Fsp3) is 0.545. The van der Waals surface area contributed by atoms with Crippen LogP contribution in [0.5, 0.6) is 11.8 Å². The highest BCUT2D eigenvalue weighted by molar-refractivity contribution is 5.78. The van der Waals surface area contributed by atoms with Crippen LogP contribution in [-0.4, -0.2) is 42.8 Å². The zero-order chi connectivity index (χ0) is 13.5. The molecule has 1 aromatic heterocycles. The molecule has 1 unspecified atom stereocenters. The van der Waals surface area contributed by atoms with Gasteiger partial charge in [-0.2, -0.15) is 9.97 Å². The van der Waals surface area contributed by atoms with Gasteiger partial charge in [-0.1, -0.05) is 0 Å². The molecule has 1 N–H and O–H groups in total. The number of methoxy groups -OCH3 is 2. The fourth-order valence-corrected chi connectivity index (χ4v) is 1.20. The van der Waals surface area contributed by atoms with E-state index in [9.17, 15) is 4.79 Å². The summed E-state index contributed by atoms with van der Waals surface area (Å²) in [6.45, 7) is 3.73. The molecule has 7 heteroatoms. The fourth-order valence-electron chi connectivity index (χ4n) is 1.20. The minimum absolute atomic E-state index is 0.242. The molecule has 0 aliphatic carbocycles. The zero-order valence-corrected chi connectivity index (χ0v) is 10.9. The maximum Gasteiger partial charge on any atom is 0.328 e. The molecule has 0 fully saturated rings. The minimum atomic E-state index is -0.554. The molecule has 100 valence electrons. The molecule has 0 aromatic carbocycles. The van der Waals surface area contributed by atoms with Gasteiger partial charge >= 0.3 is 5.97 Å². The highest BCUT2D eigenvalue weighted by Gasteiger charge is 2.16. The Balaban J connectivity index is 2.79. The van der Waals surface area contributed by atoms with Crippen molar-refractivity contribution in [3.05, 3.63) is 6.07 Å². The van der Waals surface area contributed by atoms with E-state index >= 15 is 0 Å². The van der Waals surface area contributed by atoms with Crippen molar-refractivity contribution >= 4 is 11.9 Å². The minimum Gasteiger partial charge on any atom is -0.481 e. The van der Waals surface area contributed by atoms with Crippen molar-refractivity contribution in [3.8, 4) is 11.8 Å². The molecule has 1 heterocycles. The van der Waals surface area contributed by atoms with E-state index in [1.54, 1.807) is 19.9 Å². The van der Waals surface area contributed by atoms with E-state index < -0.39 is 6.04 Å². The SMILES string of the molecule is CCOC(=O)C(C)Nc1nc(OC)cc(OC)n1. The molecule has 7 nitrogen and oxygen atoms in total. The van der Waals surface area contributed by atoms with Gasteiger partial charge in [0.2, 0.25) is 17.7 Å². The number of carbonyl (C=O) groups is 1. The van der Waals surface area contributed by atoms with E-state index in [-0.39, 0.29) is 11.9 Å². The third kappa shape index (κ3) is 3.76. The highest BCUT2D eigenvalue weighted by atomic mass is 16.5. The number of anilines is 1. The van der Waals surface area contributed by atoms with Crippen LogP contribution in [-0.2, 0) is 9.53 Å². The molecular formula is C11H17N3O4. The van der Waals surface area contributed by atoms with Crippen molar-refractivity contribution < 1.29 is 19.0 Å². The number of esters is 1. The molecule has 1 rings (SSSR count). The number of aromatic nitrogens is 2. The van der Waals surface area contributed by atoms with E-state index in [1.165, 1.54) is 14.2 Å². The predicted octanol–water partition coefficient (Wildman–Crippen LogP) is 0.857. The lowest BCUT2D eigenvalue weighted by molar-refractivity contribution is -0.143. The smallest absolute Gasteiger partial charge is 0.328 e. The first kappa shape index (κ1) is 14.0. The third-order valence-electron chi connectivity index (χ3n) is 2.08. The molecule has 1 atom stereocenters. The highest BCUT2D eigenvalue weighted by Crippen LogP contribution is 2.17. The molecule has 0 aliphatic rings. The molecule has 0 aliphatic heterocycles. The van der Waals surface area contributed by atoms with E-state index in [0.717, 1.165) is 0 Å². The zero-order valence-electron chi connectivity index (χ0n) is 10.9. The number of nitrogens with one attached hydrogen (secondary N) is 1. The van der Waals surface area contributed by atoms with Crippen molar-refractivity contribution in [2.45, 2.75) is 19.9 Å². The maximum absolute atomic E-state index is 11.5. The van der Waals surface area contributed by atoms with Gasteiger partial charge in [0.05, 0.1) is 26.9 Å². The van der Waals surface area contributed by atoms with Crippen molar-refractivity contribution in [1.82, 2.24) is 9.97 Å². The van der Waals surface area contributed by atoms with Gasteiger partial charge in [-0.15, -0.1) is 0 Å². The third-order valence-corrected chi connectivity index (χ3v) is 2.08. The van der Waals surface area contributed by atoms with Crippen LogP contribution in [0.4, 0.5) is 5.95 Å². The Hall–Kier alpha value is -2.05. The first-order chi connectivity index (χ1) is 8.60. The molecule has 0 bridgehead atoms. The van der Waals surface area contributed by atoms with Crippen LogP contribution in [0.1, 0.15) is 13.8 Å². The second kappa shape index (κ2) is 6.63. The number of nitrogens with zero attached hydrogens (tertiary/aromatic N) is 2. The van der Waals surface area contributed by atoms with Crippen LogP contribution in [0.3, 0.4) is 0 Å². The summed E-state index contributed by atoms with van der Waals surface area (Å²) in [7, 11) is 2.97. The maximum atomic E-state index is 11.5. The summed E-state index contributed by atoms with van der Waals surface area (Å²) in [4.78, 5) is 19.6. The summed E-state index contributed by atoms with van der Waals surface area (Å²) in [6.07, 6.45) is 0. The Morgan fingerprint density at radius 2 is 1.89 bits per heavy atom. The topological polar surface area (TPSA) is 82.6 Å². The number of hydrogen-bond acceptors (Lipinski definition) is 7. The van der Waals surface area contributed by atoms with Gasteiger partial charge in [-0.3, -0.25) is 0 Å².